The Morgan fingerprint density at radius 3 is 2.46 bits per heavy atom. The van der Waals surface area contributed by atoms with Crippen LogP contribution in [-0.4, -0.2) is 35.7 Å². The third-order valence-electron chi connectivity index (χ3n) is 5.07. The lowest BCUT2D eigenvalue weighted by atomic mass is 10.1. The van der Waals surface area contributed by atoms with E-state index in [0.29, 0.717) is 11.9 Å². The van der Waals surface area contributed by atoms with Crippen molar-refractivity contribution in [3.8, 4) is 0 Å². The highest BCUT2D eigenvalue weighted by molar-refractivity contribution is 5.56. The van der Waals surface area contributed by atoms with E-state index in [9.17, 15) is 4.79 Å². The van der Waals surface area contributed by atoms with Crippen molar-refractivity contribution in [2.75, 3.05) is 36.0 Å². The molecule has 2 aromatic rings. The lowest BCUT2D eigenvalue weighted by Gasteiger charge is -2.37. The molecule has 0 spiro atoms. The van der Waals surface area contributed by atoms with E-state index >= 15 is 0 Å². The minimum absolute atomic E-state index is 0.0696. The quantitative estimate of drug-likeness (QED) is 0.870. The van der Waals surface area contributed by atoms with Gasteiger partial charge in [-0.3, -0.25) is 4.79 Å². The highest BCUT2D eigenvalue weighted by Crippen LogP contribution is 2.33. The van der Waals surface area contributed by atoms with E-state index in [1.807, 2.05) is 10.8 Å². The molecule has 24 heavy (non-hydrogen) atoms. The van der Waals surface area contributed by atoms with Gasteiger partial charge in [0.15, 0.2) is 5.82 Å². The Morgan fingerprint density at radius 2 is 1.75 bits per heavy atom. The second-order valence-electron chi connectivity index (χ2n) is 6.96. The van der Waals surface area contributed by atoms with E-state index in [0.717, 1.165) is 39.0 Å². The first-order valence-corrected chi connectivity index (χ1v) is 8.78. The van der Waals surface area contributed by atoms with Gasteiger partial charge in [-0.15, -0.1) is 0 Å². The van der Waals surface area contributed by atoms with Gasteiger partial charge in [0, 0.05) is 50.3 Å². The van der Waals surface area contributed by atoms with Gasteiger partial charge in [-0.1, -0.05) is 12.1 Å². The number of benzene rings is 1. The van der Waals surface area contributed by atoms with E-state index < -0.39 is 0 Å². The van der Waals surface area contributed by atoms with Crippen molar-refractivity contribution >= 4 is 11.5 Å². The first kappa shape index (κ1) is 15.2. The molecule has 4 rings (SSSR count). The van der Waals surface area contributed by atoms with Crippen LogP contribution in [0.25, 0.3) is 0 Å². The summed E-state index contributed by atoms with van der Waals surface area (Å²) < 4.78 is 1.86. The van der Waals surface area contributed by atoms with Crippen molar-refractivity contribution in [1.29, 1.82) is 0 Å². The summed E-state index contributed by atoms with van der Waals surface area (Å²) in [5.41, 5.74) is 3.98. The highest BCUT2D eigenvalue weighted by Gasteiger charge is 2.27. The Hall–Kier alpha value is -2.30. The minimum Gasteiger partial charge on any atom is -0.368 e. The molecule has 1 aliphatic heterocycles. The molecule has 2 aliphatic rings. The first-order valence-electron chi connectivity index (χ1n) is 8.78. The van der Waals surface area contributed by atoms with Crippen LogP contribution in [0.5, 0.6) is 0 Å². The fraction of sp³-hybridized carbons (Fsp3) is 0.474. The molecule has 1 aromatic carbocycles. The van der Waals surface area contributed by atoms with E-state index in [4.69, 9.17) is 0 Å². The van der Waals surface area contributed by atoms with Crippen LogP contribution < -0.4 is 15.4 Å². The summed E-state index contributed by atoms with van der Waals surface area (Å²) in [5.74, 6) is 0.616. The maximum absolute atomic E-state index is 12.6. The third-order valence-corrected chi connectivity index (χ3v) is 5.07. The number of hydrogen-bond acceptors (Lipinski definition) is 4. The van der Waals surface area contributed by atoms with Gasteiger partial charge in [-0.25, -0.2) is 4.98 Å². The van der Waals surface area contributed by atoms with E-state index in [-0.39, 0.29) is 5.56 Å². The molecule has 5 heteroatoms. The van der Waals surface area contributed by atoms with Crippen molar-refractivity contribution in [2.45, 2.75) is 32.7 Å². The maximum Gasteiger partial charge on any atom is 0.293 e. The van der Waals surface area contributed by atoms with Gasteiger partial charge < -0.3 is 14.4 Å². The molecular formula is C19H24N4O. The molecule has 1 saturated carbocycles. The van der Waals surface area contributed by atoms with Crippen LogP contribution in [0.3, 0.4) is 0 Å². The number of rotatable bonds is 3. The molecule has 126 valence electrons. The van der Waals surface area contributed by atoms with E-state index in [1.54, 1.807) is 6.20 Å². The molecule has 2 fully saturated rings. The van der Waals surface area contributed by atoms with Crippen molar-refractivity contribution in [3.05, 3.63) is 52.1 Å². The fourth-order valence-corrected chi connectivity index (χ4v) is 3.49. The molecule has 0 amide bonds. The van der Waals surface area contributed by atoms with Crippen LogP contribution in [0.1, 0.15) is 30.0 Å². The molecule has 0 bridgehead atoms. The van der Waals surface area contributed by atoms with Gasteiger partial charge in [-0.2, -0.15) is 0 Å². The lowest BCUT2D eigenvalue weighted by Crippen LogP contribution is -2.49. The van der Waals surface area contributed by atoms with Gasteiger partial charge in [0.05, 0.1) is 0 Å². The van der Waals surface area contributed by atoms with Gasteiger partial charge in [-0.05, 0) is 43.9 Å². The zero-order chi connectivity index (χ0) is 16.7. The minimum atomic E-state index is 0.0696. The molecule has 0 N–H and O–H groups in total. The molecule has 2 heterocycles. The smallest absolute Gasteiger partial charge is 0.293 e. The van der Waals surface area contributed by atoms with Crippen molar-refractivity contribution in [1.82, 2.24) is 9.55 Å². The topological polar surface area (TPSA) is 41.4 Å². The maximum atomic E-state index is 12.6. The standard InChI is InChI=1S/C19H24N4O/c1-14-3-4-15(2)17(13-14)21-9-11-22(12-10-21)18-19(24)23(8-7-20-18)16-5-6-16/h3-4,7-8,13,16H,5-6,9-12H2,1-2H3. The third kappa shape index (κ3) is 2.79. The molecule has 0 unspecified atom stereocenters. The average molecular weight is 324 g/mol. The highest BCUT2D eigenvalue weighted by atomic mass is 16.1. The van der Waals surface area contributed by atoms with Crippen LogP contribution in [0.4, 0.5) is 11.5 Å². The number of nitrogens with zero attached hydrogens (tertiary/aromatic N) is 4. The van der Waals surface area contributed by atoms with Gasteiger partial charge in [0.2, 0.25) is 0 Å². The second kappa shape index (κ2) is 5.96. The van der Waals surface area contributed by atoms with Gasteiger partial charge >= 0.3 is 0 Å². The summed E-state index contributed by atoms with van der Waals surface area (Å²) in [6.45, 7) is 7.81. The number of aryl methyl sites for hydroxylation is 2. The molecule has 5 nitrogen and oxygen atoms in total. The van der Waals surface area contributed by atoms with Crippen LogP contribution in [0.15, 0.2) is 35.4 Å². The lowest BCUT2D eigenvalue weighted by molar-refractivity contribution is 0.628. The van der Waals surface area contributed by atoms with Crippen LogP contribution in [-0.2, 0) is 0 Å². The van der Waals surface area contributed by atoms with E-state index in [1.165, 1.54) is 16.8 Å². The van der Waals surface area contributed by atoms with Crippen LogP contribution in [0.2, 0.25) is 0 Å². The number of piperazine rings is 1. The number of hydrogen-bond donors (Lipinski definition) is 0. The predicted molar refractivity (Wildman–Crippen MR) is 97.1 cm³/mol. The average Bonchev–Trinajstić information content (AvgIpc) is 3.42. The molecule has 0 atom stereocenters. The van der Waals surface area contributed by atoms with Crippen molar-refractivity contribution in [2.24, 2.45) is 0 Å². The normalized spacial score (nSPS) is 18.1. The van der Waals surface area contributed by atoms with Crippen LogP contribution >= 0.6 is 0 Å². The zero-order valence-corrected chi connectivity index (χ0v) is 14.4. The Balaban J connectivity index is 1.51. The van der Waals surface area contributed by atoms with Crippen LogP contribution in [0, 0.1) is 13.8 Å². The second-order valence-corrected chi connectivity index (χ2v) is 6.96. The summed E-state index contributed by atoms with van der Waals surface area (Å²) in [5, 5.41) is 0. The zero-order valence-electron chi connectivity index (χ0n) is 14.4. The monoisotopic (exact) mass is 324 g/mol. The van der Waals surface area contributed by atoms with Crippen molar-refractivity contribution in [3.63, 3.8) is 0 Å². The summed E-state index contributed by atoms with van der Waals surface area (Å²) in [6.07, 6.45) is 5.83. The fourth-order valence-electron chi connectivity index (χ4n) is 3.49. The summed E-state index contributed by atoms with van der Waals surface area (Å²) in [4.78, 5) is 21.6. The Morgan fingerprint density at radius 1 is 1.04 bits per heavy atom. The van der Waals surface area contributed by atoms with Crippen molar-refractivity contribution < 1.29 is 0 Å². The Bertz CT molecular complexity index is 801. The number of anilines is 2. The first-order chi connectivity index (χ1) is 11.6. The van der Waals surface area contributed by atoms with Gasteiger partial charge in [0.25, 0.3) is 5.56 Å². The summed E-state index contributed by atoms with van der Waals surface area (Å²) >= 11 is 0. The predicted octanol–water partition coefficient (Wildman–Crippen LogP) is 2.52. The Kier molecular flexibility index (Phi) is 3.79. The molecule has 0 radical (unpaired) electrons. The Labute approximate surface area is 142 Å². The molecule has 1 aromatic heterocycles. The van der Waals surface area contributed by atoms with E-state index in [2.05, 4.69) is 46.8 Å². The molecule has 1 aliphatic carbocycles. The van der Waals surface area contributed by atoms with Gasteiger partial charge in [0.1, 0.15) is 0 Å². The summed E-state index contributed by atoms with van der Waals surface area (Å²) in [6, 6.07) is 7.00. The molecule has 1 saturated heterocycles. The number of aromatic nitrogens is 2. The SMILES string of the molecule is Cc1ccc(C)c(N2CCN(c3nccn(C4CC4)c3=O)CC2)c1. The largest absolute Gasteiger partial charge is 0.368 e. The molecular weight excluding hydrogens is 300 g/mol. The summed E-state index contributed by atoms with van der Waals surface area (Å²) in [7, 11) is 0.